The summed E-state index contributed by atoms with van der Waals surface area (Å²) >= 11 is 5.75. The maximum absolute atomic E-state index is 13.3. The van der Waals surface area contributed by atoms with Crippen LogP contribution in [-0.4, -0.2) is 22.8 Å². The highest BCUT2D eigenvalue weighted by Crippen LogP contribution is 2.42. The number of ketones is 2. The van der Waals surface area contributed by atoms with Gasteiger partial charge in [0.25, 0.3) is 0 Å². The van der Waals surface area contributed by atoms with Crippen LogP contribution in [0.1, 0.15) is 57.2 Å². The summed E-state index contributed by atoms with van der Waals surface area (Å²) in [6.45, 7) is 8.40. The molecule has 7 heteroatoms. The van der Waals surface area contributed by atoms with E-state index in [2.05, 4.69) is 0 Å². The van der Waals surface area contributed by atoms with Gasteiger partial charge in [0, 0.05) is 0 Å². The van der Waals surface area contributed by atoms with E-state index in [4.69, 9.17) is 16.3 Å². The molecule has 0 N–H and O–H groups in total. The zero-order valence-electron chi connectivity index (χ0n) is 18.0. The number of hydrogen-bond acceptors (Lipinski definition) is 3. The van der Waals surface area contributed by atoms with Crippen molar-refractivity contribution in [2.75, 3.05) is 0 Å². The second-order valence-electron chi connectivity index (χ2n) is 8.74. The molecule has 0 aromatic heterocycles. The molecular weight excluding hydrogens is 429 g/mol. The maximum Gasteiger partial charge on any atom is 0.417 e. The first-order valence-electron chi connectivity index (χ1n) is 9.98. The van der Waals surface area contributed by atoms with Gasteiger partial charge in [-0.25, -0.2) is 0 Å². The summed E-state index contributed by atoms with van der Waals surface area (Å²) in [5.41, 5.74) is -1.23. The third kappa shape index (κ3) is 4.28. The van der Waals surface area contributed by atoms with Gasteiger partial charge in [0.05, 0.1) is 10.6 Å². The van der Waals surface area contributed by atoms with Crippen LogP contribution in [0.15, 0.2) is 36.4 Å². The molecule has 1 fully saturated rings. The van der Waals surface area contributed by atoms with Crippen LogP contribution in [0.2, 0.25) is 5.02 Å². The Balaban J connectivity index is 2.19. The highest BCUT2D eigenvalue weighted by Gasteiger charge is 2.53. The van der Waals surface area contributed by atoms with Crippen molar-refractivity contribution in [2.24, 2.45) is 0 Å². The number of alkyl halides is 3. The summed E-state index contributed by atoms with van der Waals surface area (Å²) in [4.78, 5) is 26.4. The van der Waals surface area contributed by atoms with Crippen molar-refractivity contribution in [3.63, 3.8) is 0 Å². The molecule has 2 aromatic carbocycles. The van der Waals surface area contributed by atoms with Crippen LogP contribution in [0, 0.1) is 0 Å². The van der Waals surface area contributed by atoms with Crippen LogP contribution in [0.5, 0.6) is 0 Å². The number of aryl methyl sites for hydroxylation is 1. The quantitative estimate of drug-likeness (QED) is 0.506. The zero-order chi connectivity index (χ0) is 23.4. The highest BCUT2D eigenvalue weighted by atomic mass is 35.5. The number of carbonyl (C=O) groups excluding carboxylic acids is 2. The third-order valence-corrected chi connectivity index (χ3v) is 5.99. The lowest BCUT2D eigenvalue weighted by molar-refractivity contribution is -0.184. The van der Waals surface area contributed by atoms with Gasteiger partial charge in [-0.3, -0.25) is 9.59 Å². The molecule has 0 atom stereocenters. The smallest absolute Gasteiger partial charge is 0.354 e. The van der Waals surface area contributed by atoms with Crippen LogP contribution in [-0.2, 0) is 26.9 Å². The summed E-state index contributed by atoms with van der Waals surface area (Å²) in [5.74, 6) is -1.78. The Hall–Kier alpha value is -2.18. The van der Waals surface area contributed by atoms with E-state index in [1.165, 1.54) is 12.1 Å². The van der Waals surface area contributed by atoms with E-state index in [1.54, 1.807) is 45.9 Å². The van der Waals surface area contributed by atoms with E-state index in [0.29, 0.717) is 23.1 Å². The predicted octanol–water partition coefficient (Wildman–Crippen LogP) is 6.40. The van der Waals surface area contributed by atoms with Gasteiger partial charge >= 0.3 is 6.18 Å². The normalized spacial score (nSPS) is 19.0. The zero-order valence-corrected chi connectivity index (χ0v) is 18.7. The molecule has 0 spiro atoms. The minimum absolute atomic E-state index is 0.297. The molecule has 3 nitrogen and oxygen atoms in total. The summed E-state index contributed by atoms with van der Waals surface area (Å²) in [5, 5.41) is -0.389. The summed E-state index contributed by atoms with van der Waals surface area (Å²) in [7, 11) is 0. The fraction of sp³-hybridized carbons (Fsp3) is 0.417. The molecule has 0 aliphatic carbocycles. The number of ether oxygens (including phenoxy) is 1. The summed E-state index contributed by atoms with van der Waals surface area (Å²) < 4.78 is 45.7. The van der Waals surface area contributed by atoms with E-state index in [-0.39, 0.29) is 16.6 Å². The van der Waals surface area contributed by atoms with Crippen molar-refractivity contribution >= 4 is 23.2 Å². The Kier molecular flexibility index (Phi) is 5.87. The molecule has 1 saturated heterocycles. The van der Waals surface area contributed by atoms with Gasteiger partial charge in [0.2, 0.25) is 0 Å². The number of hydrogen-bond donors (Lipinski definition) is 0. The largest absolute Gasteiger partial charge is 0.417 e. The van der Waals surface area contributed by atoms with Crippen LogP contribution in [0.3, 0.4) is 0 Å². The molecule has 0 saturated carbocycles. The van der Waals surface area contributed by atoms with Gasteiger partial charge in [-0.05, 0) is 74.6 Å². The fourth-order valence-corrected chi connectivity index (χ4v) is 4.35. The predicted molar refractivity (Wildman–Crippen MR) is 113 cm³/mol. The van der Waals surface area contributed by atoms with Crippen molar-refractivity contribution in [1.29, 1.82) is 0 Å². The number of halogens is 4. The fourth-order valence-electron chi connectivity index (χ4n) is 4.12. The average molecular weight is 453 g/mol. The molecule has 0 amide bonds. The molecule has 0 radical (unpaired) electrons. The summed E-state index contributed by atoms with van der Waals surface area (Å²) in [6, 6.07) is 8.75. The van der Waals surface area contributed by atoms with E-state index >= 15 is 0 Å². The standard InChI is InChI=1S/C24H24ClF3O3/c1-6-13-7-8-14(15-9-10-18(25)17(12-15)24(26,27)28)11-16(13)19-20(29)22(2,3)31-23(4,5)21(19)30/h7-12,19H,6H2,1-5H3. The van der Waals surface area contributed by atoms with E-state index in [9.17, 15) is 22.8 Å². The van der Waals surface area contributed by atoms with Crippen LogP contribution in [0.25, 0.3) is 11.1 Å². The van der Waals surface area contributed by atoms with Crippen LogP contribution < -0.4 is 0 Å². The first-order valence-corrected chi connectivity index (χ1v) is 10.4. The van der Waals surface area contributed by atoms with Crippen LogP contribution in [0.4, 0.5) is 13.2 Å². The molecule has 0 bridgehead atoms. The lowest BCUT2D eigenvalue weighted by atomic mass is 9.73. The van der Waals surface area contributed by atoms with Gasteiger partial charge in [0.1, 0.15) is 17.1 Å². The van der Waals surface area contributed by atoms with E-state index in [1.807, 2.05) is 6.92 Å². The monoisotopic (exact) mass is 452 g/mol. The second-order valence-corrected chi connectivity index (χ2v) is 9.15. The van der Waals surface area contributed by atoms with Crippen molar-refractivity contribution in [1.82, 2.24) is 0 Å². The molecule has 31 heavy (non-hydrogen) atoms. The highest BCUT2D eigenvalue weighted by molar-refractivity contribution is 6.31. The van der Waals surface area contributed by atoms with E-state index < -0.39 is 28.9 Å². The SMILES string of the molecule is CCc1ccc(-c2ccc(Cl)c(C(F)(F)F)c2)cc1C1C(=O)C(C)(C)OC(C)(C)C1=O. The van der Waals surface area contributed by atoms with Crippen molar-refractivity contribution in [3.8, 4) is 11.1 Å². The molecule has 0 unspecified atom stereocenters. The van der Waals surface area contributed by atoms with Gasteiger partial charge < -0.3 is 4.74 Å². The minimum atomic E-state index is -4.60. The molecule has 166 valence electrons. The Morgan fingerprint density at radius 3 is 1.97 bits per heavy atom. The van der Waals surface area contributed by atoms with E-state index in [0.717, 1.165) is 11.6 Å². The molecule has 1 aliphatic rings. The van der Waals surface area contributed by atoms with Gasteiger partial charge in [-0.15, -0.1) is 0 Å². The topological polar surface area (TPSA) is 43.4 Å². The Morgan fingerprint density at radius 1 is 0.935 bits per heavy atom. The Labute approximate surface area is 184 Å². The minimum Gasteiger partial charge on any atom is -0.354 e. The van der Waals surface area contributed by atoms with Crippen LogP contribution >= 0.6 is 11.6 Å². The van der Waals surface area contributed by atoms with Gasteiger partial charge in [-0.2, -0.15) is 13.2 Å². The van der Waals surface area contributed by atoms with Crippen molar-refractivity contribution in [2.45, 2.75) is 64.3 Å². The Morgan fingerprint density at radius 2 is 1.45 bits per heavy atom. The van der Waals surface area contributed by atoms with Gasteiger partial charge in [0.15, 0.2) is 11.6 Å². The number of Topliss-reactive ketones (excluding diaryl/α,β-unsaturated/α-hetero) is 2. The lowest BCUT2D eigenvalue weighted by Crippen LogP contribution is -2.58. The molecule has 1 heterocycles. The number of benzene rings is 2. The summed E-state index contributed by atoms with van der Waals surface area (Å²) in [6.07, 6.45) is -4.04. The maximum atomic E-state index is 13.3. The van der Waals surface area contributed by atoms with Crippen molar-refractivity contribution < 1.29 is 27.5 Å². The number of carbonyl (C=O) groups is 2. The van der Waals surface area contributed by atoms with Gasteiger partial charge in [-0.1, -0.05) is 36.7 Å². The molecular formula is C24H24ClF3O3. The third-order valence-electron chi connectivity index (χ3n) is 5.66. The second kappa shape index (κ2) is 7.75. The number of rotatable bonds is 3. The molecule has 2 aromatic rings. The average Bonchev–Trinajstić information content (AvgIpc) is 2.65. The van der Waals surface area contributed by atoms with Crippen molar-refractivity contribution in [3.05, 3.63) is 58.1 Å². The lowest BCUT2D eigenvalue weighted by Gasteiger charge is -2.43. The molecule has 3 rings (SSSR count). The first-order chi connectivity index (χ1) is 14.2. The molecule has 1 aliphatic heterocycles. The first kappa shape index (κ1) is 23.5. The Bertz CT molecular complexity index is 1030.